The van der Waals surface area contributed by atoms with Gasteiger partial charge in [0.25, 0.3) is 0 Å². The average Bonchev–Trinajstić information content (AvgIpc) is 3.14. The van der Waals surface area contributed by atoms with Crippen molar-refractivity contribution in [3.8, 4) is 17.2 Å². The predicted octanol–water partition coefficient (Wildman–Crippen LogP) is 4.15. The Bertz CT molecular complexity index is 862. The number of fused-ring (bicyclic) bond motifs is 1. The van der Waals surface area contributed by atoms with Gasteiger partial charge < -0.3 is 4.98 Å². The number of benzene rings is 1. The predicted molar refractivity (Wildman–Crippen MR) is 82.8 cm³/mol. The molecule has 0 saturated heterocycles. The van der Waals surface area contributed by atoms with Crippen LogP contribution in [0.15, 0.2) is 42.7 Å². The Balaban J connectivity index is 1.77. The van der Waals surface area contributed by atoms with Crippen LogP contribution in [0.1, 0.15) is 30.9 Å². The molecule has 1 aromatic carbocycles. The second-order valence-corrected chi connectivity index (χ2v) is 6.07. The van der Waals surface area contributed by atoms with E-state index in [1.54, 1.807) is 6.20 Å². The molecule has 0 bridgehead atoms. The van der Waals surface area contributed by atoms with Crippen molar-refractivity contribution in [2.75, 3.05) is 0 Å². The number of nitrogens with zero attached hydrogens (tertiary/aromatic N) is 2. The number of hydrogen-bond acceptors (Lipinski definition) is 2. The highest BCUT2D eigenvalue weighted by molar-refractivity contribution is 5.86. The van der Waals surface area contributed by atoms with E-state index in [9.17, 15) is 0 Å². The van der Waals surface area contributed by atoms with Gasteiger partial charge >= 0.3 is 0 Å². The Hall–Kier alpha value is -2.60. The number of pyridine rings is 1. The summed E-state index contributed by atoms with van der Waals surface area (Å²) in [6.45, 7) is 2.31. The first-order chi connectivity index (χ1) is 10.2. The quantitative estimate of drug-likeness (QED) is 0.762. The number of nitriles is 1. The number of rotatable bonds is 2. The van der Waals surface area contributed by atoms with Crippen LogP contribution in [0.2, 0.25) is 0 Å². The van der Waals surface area contributed by atoms with E-state index >= 15 is 0 Å². The van der Waals surface area contributed by atoms with Crippen molar-refractivity contribution in [3.05, 3.63) is 53.9 Å². The van der Waals surface area contributed by atoms with Crippen molar-refractivity contribution in [2.24, 2.45) is 0 Å². The van der Waals surface area contributed by atoms with Crippen LogP contribution in [-0.4, -0.2) is 9.97 Å². The zero-order chi connectivity index (χ0) is 14.4. The van der Waals surface area contributed by atoms with Crippen LogP contribution in [0.3, 0.4) is 0 Å². The maximum Gasteiger partial charge on any atom is 0.138 e. The molecule has 4 rings (SSSR count). The van der Waals surface area contributed by atoms with Crippen LogP contribution in [0.4, 0.5) is 0 Å². The summed E-state index contributed by atoms with van der Waals surface area (Å²) in [5.41, 5.74) is 5.40. The van der Waals surface area contributed by atoms with Gasteiger partial charge in [-0.25, -0.2) is 4.98 Å². The van der Waals surface area contributed by atoms with E-state index in [1.165, 1.54) is 18.4 Å². The van der Waals surface area contributed by atoms with Gasteiger partial charge in [0.15, 0.2) is 0 Å². The molecule has 2 heterocycles. The van der Waals surface area contributed by atoms with Crippen LogP contribution in [0, 0.1) is 11.3 Å². The minimum absolute atomic E-state index is 0.398. The largest absolute Gasteiger partial charge is 0.345 e. The Labute approximate surface area is 123 Å². The van der Waals surface area contributed by atoms with Crippen LogP contribution >= 0.6 is 0 Å². The Morgan fingerprint density at radius 3 is 2.62 bits per heavy atom. The molecular formula is C18H15N3. The molecule has 0 atom stereocenters. The molecule has 0 amide bonds. The molecule has 1 aliphatic rings. The zero-order valence-electron chi connectivity index (χ0n) is 11.9. The number of aromatic amines is 1. The lowest BCUT2D eigenvalue weighted by atomic mass is 9.96. The third-order valence-electron chi connectivity index (χ3n) is 4.57. The van der Waals surface area contributed by atoms with Gasteiger partial charge in [-0.2, -0.15) is 5.26 Å². The number of H-pyrrole nitrogens is 1. The summed E-state index contributed by atoms with van der Waals surface area (Å²) in [5, 5.41) is 10.0. The average molecular weight is 273 g/mol. The Kier molecular flexibility index (Phi) is 2.43. The van der Waals surface area contributed by atoms with E-state index in [4.69, 9.17) is 5.26 Å². The summed E-state index contributed by atoms with van der Waals surface area (Å²) in [5.74, 6) is 0. The molecule has 1 fully saturated rings. The molecule has 1 N–H and O–H groups in total. The molecular weight excluding hydrogens is 258 g/mol. The molecule has 1 aliphatic carbocycles. The van der Waals surface area contributed by atoms with Crippen molar-refractivity contribution < 1.29 is 0 Å². The van der Waals surface area contributed by atoms with E-state index in [0.29, 0.717) is 11.0 Å². The minimum Gasteiger partial charge on any atom is -0.345 e. The molecule has 3 nitrogen and oxygen atoms in total. The molecule has 3 heteroatoms. The molecule has 102 valence electrons. The fourth-order valence-corrected chi connectivity index (χ4v) is 2.79. The molecule has 0 radical (unpaired) electrons. The van der Waals surface area contributed by atoms with E-state index in [1.807, 2.05) is 12.3 Å². The second kappa shape index (κ2) is 4.20. The van der Waals surface area contributed by atoms with Gasteiger partial charge in [0.2, 0.25) is 0 Å². The maximum absolute atomic E-state index is 9.12. The summed E-state index contributed by atoms with van der Waals surface area (Å²) in [4.78, 5) is 7.42. The first-order valence-electron chi connectivity index (χ1n) is 7.18. The van der Waals surface area contributed by atoms with Crippen molar-refractivity contribution >= 4 is 11.0 Å². The fraction of sp³-hybridized carbons (Fsp3) is 0.222. The minimum atomic E-state index is 0.398. The van der Waals surface area contributed by atoms with Crippen LogP contribution in [0.25, 0.3) is 22.2 Å². The Morgan fingerprint density at radius 2 is 1.95 bits per heavy atom. The smallest absolute Gasteiger partial charge is 0.138 e. The highest BCUT2D eigenvalue weighted by Gasteiger charge is 2.38. The van der Waals surface area contributed by atoms with E-state index in [0.717, 1.165) is 22.2 Å². The standard InChI is InChI=1S/C18H15N3/c1-18(6-7-18)15-4-2-12(3-5-15)13-8-16-14(9-19)11-21-17(16)20-10-13/h2-5,8,10-11H,6-7H2,1H3,(H,20,21). The van der Waals surface area contributed by atoms with Gasteiger partial charge in [-0.15, -0.1) is 0 Å². The second-order valence-electron chi connectivity index (χ2n) is 6.07. The molecule has 0 unspecified atom stereocenters. The van der Waals surface area contributed by atoms with Crippen molar-refractivity contribution in [3.63, 3.8) is 0 Å². The van der Waals surface area contributed by atoms with Crippen molar-refractivity contribution in [2.45, 2.75) is 25.2 Å². The summed E-state index contributed by atoms with van der Waals surface area (Å²) < 4.78 is 0. The van der Waals surface area contributed by atoms with E-state index in [2.05, 4.69) is 47.2 Å². The number of aromatic nitrogens is 2. The molecule has 2 aromatic heterocycles. The van der Waals surface area contributed by atoms with Crippen LogP contribution in [0.5, 0.6) is 0 Å². The fourth-order valence-electron chi connectivity index (χ4n) is 2.79. The van der Waals surface area contributed by atoms with Gasteiger partial charge in [-0.05, 0) is 35.4 Å². The van der Waals surface area contributed by atoms with Crippen molar-refractivity contribution in [1.82, 2.24) is 9.97 Å². The molecule has 3 aromatic rings. The molecule has 21 heavy (non-hydrogen) atoms. The SMILES string of the molecule is CC1(c2ccc(-c3cnc4[nH]cc(C#N)c4c3)cc2)CC1. The highest BCUT2D eigenvalue weighted by Crippen LogP contribution is 2.47. The highest BCUT2D eigenvalue weighted by atomic mass is 14.8. The molecule has 0 spiro atoms. The number of nitrogens with one attached hydrogen (secondary N) is 1. The summed E-state index contributed by atoms with van der Waals surface area (Å²) in [7, 11) is 0. The molecule has 1 saturated carbocycles. The normalized spacial score (nSPS) is 15.8. The molecule has 0 aliphatic heterocycles. The van der Waals surface area contributed by atoms with E-state index in [-0.39, 0.29) is 0 Å². The van der Waals surface area contributed by atoms with Gasteiger partial charge in [0.05, 0.1) is 5.56 Å². The number of hydrogen-bond donors (Lipinski definition) is 1. The van der Waals surface area contributed by atoms with Gasteiger partial charge in [-0.1, -0.05) is 31.2 Å². The monoisotopic (exact) mass is 273 g/mol. The van der Waals surface area contributed by atoms with Gasteiger partial charge in [-0.3, -0.25) is 0 Å². The Morgan fingerprint density at radius 1 is 1.19 bits per heavy atom. The van der Waals surface area contributed by atoms with E-state index < -0.39 is 0 Å². The summed E-state index contributed by atoms with van der Waals surface area (Å²) in [6.07, 6.45) is 6.13. The van der Waals surface area contributed by atoms with Crippen LogP contribution < -0.4 is 0 Å². The lowest BCUT2D eigenvalue weighted by Crippen LogP contribution is -1.98. The first kappa shape index (κ1) is 12.2. The van der Waals surface area contributed by atoms with Gasteiger partial charge in [0, 0.05) is 23.3 Å². The zero-order valence-corrected chi connectivity index (χ0v) is 11.9. The maximum atomic E-state index is 9.12. The summed E-state index contributed by atoms with van der Waals surface area (Å²) in [6, 6.07) is 13.0. The third kappa shape index (κ3) is 1.92. The van der Waals surface area contributed by atoms with Crippen LogP contribution in [-0.2, 0) is 5.41 Å². The van der Waals surface area contributed by atoms with Gasteiger partial charge in [0.1, 0.15) is 11.7 Å². The lowest BCUT2D eigenvalue weighted by molar-refractivity contribution is 0.788. The lowest BCUT2D eigenvalue weighted by Gasteiger charge is -2.09. The topological polar surface area (TPSA) is 52.5 Å². The van der Waals surface area contributed by atoms with Crippen molar-refractivity contribution in [1.29, 1.82) is 5.26 Å². The summed E-state index contributed by atoms with van der Waals surface area (Å²) >= 11 is 0. The first-order valence-corrected chi connectivity index (χ1v) is 7.18. The third-order valence-corrected chi connectivity index (χ3v) is 4.57.